The number of rotatable bonds is 5. The highest BCUT2D eigenvalue weighted by molar-refractivity contribution is 5.70. The molecular formula is C14H26N2O2. The summed E-state index contributed by atoms with van der Waals surface area (Å²) in [6, 6.07) is 0. The van der Waals surface area contributed by atoms with E-state index >= 15 is 0 Å². The smallest absolute Gasteiger partial charge is 0.306 e. The van der Waals surface area contributed by atoms with Crippen LogP contribution in [-0.2, 0) is 4.79 Å². The Balaban J connectivity index is 1.56. The minimum absolute atomic E-state index is 0.0941. The molecule has 18 heavy (non-hydrogen) atoms. The molecule has 0 aromatic heterocycles. The molecule has 0 aromatic rings. The summed E-state index contributed by atoms with van der Waals surface area (Å²) in [5, 5.41) is 8.95. The summed E-state index contributed by atoms with van der Waals surface area (Å²) in [7, 11) is 0. The highest BCUT2D eigenvalue weighted by Crippen LogP contribution is 2.17. The van der Waals surface area contributed by atoms with Crippen LogP contribution in [0.25, 0.3) is 0 Å². The van der Waals surface area contributed by atoms with Gasteiger partial charge in [0.15, 0.2) is 0 Å². The molecule has 2 aliphatic heterocycles. The molecule has 4 nitrogen and oxygen atoms in total. The van der Waals surface area contributed by atoms with Crippen molar-refractivity contribution in [1.82, 2.24) is 9.80 Å². The van der Waals surface area contributed by atoms with Crippen LogP contribution in [0.5, 0.6) is 0 Å². The Bertz CT molecular complexity index is 257. The maximum Gasteiger partial charge on any atom is 0.306 e. The number of carbonyl (C=O) groups is 1. The van der Waals surface area contributed by atoms with Gasteiger partial charge in [-0.15, -0.1) is 0 Å². The van der Waals surface area contributed by atoms with Crippen LogP contribution in [-0.4, -0.2) is 60.1 Å². The topological polar surface area (TPSA) is 43.8 Å². The maximum atomic E-state index is 10.9. The molecule has 0 saturated carbocycles. The Morgan fingerprint density at radius 3 is 2.06 bits per heavy atom. The van der Waals surface area contributed by atoms with Crippen LogP contribution in [0.4, 0.5) is 0 Å². The number of carboxylic acid groups (broad SMARTS) is 1. The molecule has 1 N–H and O–H groups in total. The molecule has 0 aromatic carbocycles. The Labute approximate surface area is 110 Å². The Kier molecular flexibility index (Phi) is 5.45. The first-order valence-electron chi connectivity index (χ1n) is 7.43. The van der Waals surface area contributed by atoms with Crippen molar-refractivity contribution in [3.8, 4) is 0 Å². The second-order valence-electron chi connectivity index (χ2n) is 5.71. The van der Waals surface area contributed by atoms with E-state index in [2.05, 4.69) is 9.80 Å². The number of hydrogen-bond donors (Lipinski definition) is 1. The Hall–Kier alpha value is -0.610. The van der Waals surface area contributed by atoms with Crippen LogP contribution in [0.1, 0.15) is 38.5 Å². The molecule has 4 heteroatoms. The van der Waals surface area contributed by atoms with Crippen LogP contribution in [0.15, 0.2) is 0 Å². The lowest BCUT2D eigenvalue weighted by Gasteiger charge is -2.31. The zero-order valence-corrected chi connectivity index (χ0v) is 11.3. The monoisotopic (exact) mass is 254 g/mol. The average Bonchev–Trinajstić information content (AvgIpc) is 2.40. The fraction of sp³-hybridized carbons (Fsp3) is 0.929. The quantitative estimate of drug-likeness (QED) is 0.810. The lowest BCUT2D eigenvalue weighted by molar-refractivity contribution is -0.143. The van der Waals surface area contributed by atoms with Gasteiger partial charge in [0, 0.05) is 0 Å². The standard InChI is InChI=1S/C14H26N2O2/c17-14(18)13-5-11-16(12-6-13)10-4-9-15-7-2-1-3-8-15/h13H,1-12H2,(H,17,18). The lowest BCUT2D eigenvalue weighted by Crippen LogP contribution is -2.38. The van der Waals surface area contributed by atoms with Gasteiger partial charge in [-0.05, 0) is 71.4 Å². The molecule has 2 rings (SSSR count). The van der Waals surface area contributed by atoms with E-state index in [1.54, 1.807) is 0 Å². The lowest BCUT2D eigenvalue weighted by atomic mass is 9.97. The second-order valence-corrected chi connectivity index (χ2v) is 5.71. The molecule has 0 spiro atoms. The third kappa shape index (κ3) is 4.25. The van der Waals surface area contributed by atoms with Gasteiger partial charge in [-0.1, -0.05) is 6.42 Å². The van der Waals surface area contributed by atoms with E-state index in [1.165, 1.54) is 45.3 Å². The molecule has 0 unspecified atom stereocenters. The first-order valence-corrected chi connectivity index (χ1v) is 7.43. The third-order valence-corrected chi connectivity index (χ3v) is 4.33. The van der Waals surface area contributed by atoms with Crippen molar-refractivity contribution in [2.75, 3.05) is 39.3 Å². The number of hydrogen-bond acceptors (Lipinski definition) is 3. The zero-order chi connectivity index (χ0) is 12.8. The van der Waals surface area contributed by atoms with Crippen LogP contribution in [0, 0.1) is 5.92 Å². The number of nitrogens with zero attached hydrogens (tertiary/aromatic N) is 2. The first-order chi connectivity index (χ1) is 8.75. The number of likely N-dealkylation sites (tertiary alicyclic amines) is 2. The summed E-state index contributed by atoms with van der Waals surface area (Å²) in [4.78, 5) is 15.9. The Morgan fingerprint density at radius 1 is 0.944 bits per heavy atom. The maximum absolute atomic E-state index is 10.9. The molecule has 0 amide bonds. The highest BCUT2D eigenvalue weighted by atomic mass is 16.4. The molecule has 2 saturated heterocycles. The zero-order valence-electron chi connectivity index (χ0n) is 11.3. The average molecular weight is 254 g/mol. The van der Waals surface area contributed by atoms with Crippen LogP contribution in [0.3, 0.4) is 0 Å². The van der Waals surface area contributed by atoms with Crippen molar-refractivity contribution in [2.24, 2.45) is 5.92 Å². The van der Waals surface area contributed by atoms with Gasteiger partial charge in [-0.2, -0.15) is 0 Å². The molecule has 0 bridgehead atoms. The summed E-state index contributed by atoms with van der Waals surface area (Å²) >= 11 is 0. The number of piperidine rings is 2. The fourth-order valence-electron chi connectivity index (χ4n) is 3.10. The summed E-state index contributed by atoms with van der Waals surface area (Å²) in [5.41, 5.74) is 0. The number of aliphatic carboxylic acids is 1. The van der Waals surface area contributed by atoms with Gasteiger partial charge in [0.1, 0.15) is 0 Å². The largest absolute Gasteiger partial charge is 0.481 e. The van der Waals surface area contributed by atoms with Gasteiger partial charge < -0.3 is 14.9 Å². The molecule has 2 aliphatic rings. The van der Waals surface area contributed by atoms with Crippen molar-refractivity contribution >= 4 is 5.97 Å². The molecule has 0 atom stereocenters. The van der Waals surface area contributed by atoms with E-state index < -0.39 is 5.97 Å². The van der Waals surface area contributed by atoms with Gasteiger partial charge in [0.05, 0.1) is 5.92 Å². The van der Waals surface area contributed by atoms with Crippen molar-refractivity contribution < 1.29 is 9.90 Å². The molecular weight excluding hydrogens is 228 g/mol. The van der Waals surface area contributed by atoms with Gasteiger partial charge >= 0.3 is 5.97 Å². The van der Waals surface area contributed by atoms with Gasteiger partial charge in [0.25, 0.3) is 0 Å². The summed E-state index contributed by atoms with van der Waals surface area (Å²) < 4.78 is 0. The van der Waals surface area contributed by atoms with Crippen LogP contribution < -0.4 is 0 Å². The fourth-order valence-corrected chi connectivity index (χ4v) is 3.10. The van der Waals surface area contributed by atoms with E-state index in [4.69, 9.17) is 5.11 Å². The predicted molar refractivity (Wildman–Crippen MR) is 71.7 cm³/mol. The summed E-state index contributed by atoms with van der Waals surface area (Å²) in [6.45, 7) is 6.86. The second kappa shape index (κ2) is 7.10. The van der Waals surface area contributed by atoms with E-state index in [0.717, 1.165) is 32.5 Å². The third-order valence-electron chi connectivity index (χ3n) is 4.33. The summed E-state index contributed by atoms with van der Waals surface area (Å²) in [5.74, 6) is -0.702. The van der Waals surface area contributed by atoms with Gasteiger partial charge in [-0.3, -0.25) is 4.79 Å². The molecule has 2 heterocycles. The van der Waals surface area contributed by atoms with E-state index in [9.17, 15) is 4.79 Å². The Morgan fingerprint density at radius 2 is 1.50 bits per heavy atom. The van der Waals surface area contributed by atoms with Crippen molar-refractivity contribution in [3.63, 3.8) is 0 Å². The molecule has 104 valence electrons. The van der Waals surface area contributed by atoms with Gasteiger partial charge in [-0.25, -0.2) is 0 Å². The van der Waals surface area contributed by atoms with Crippen molar-refractivity contribution in [1.29, 1.82) is 0 Å². The van der Waals surface area contributed by atoms with Crippen molar-refractivity contribution in [2.45, 2.75) is 38.5 Å². The highest BCUT2D eigenvalue weighted by Gasteiger charge is 2.24. The molecule has 2 fully saturated rings. The minimum Gasteiger partial charge on any atom is -0.481 e. The SMILES string of the molecule is O=C(O)C1CCN(CCCN2CCCCC2)CC1. The van der Waals surface area contributed by atoms with E-state index in [0.29, 0.717) is 0 Å². The molecule has 0 aliphatic carbocycles. The summed E-state index contributed by atoms with van der Waals surface area (Å²) in [6.07, 6.45) is 7.03. The van der Waals surface area contributed by atoms with Crippen LogP contribution in [0.2, 0.25) is 0 Å². The minimum atomic E-state index is -0.608. The van der Waals surface area contributed by atoms with E-state index in [-0.39, 0.29) is 5.92 Å². The van der Waals surface area contributed by atoms with Gasteiger partial charge in [0.2, 0.25) is 0 Å². The van der Waals surface area contributed by atoms with E-state index in [1.807, 2.05) is 0 Å². The first kappa shape index (κ1) is 13.8. The van der Waals surface area contributed by atoms with Crippen LogP contribution >= 0.6 is 0 Å². The predicted octanol–water partition coefficient (Wildman–Crippen LogP) is 1.66. The van der Waals surface area contributed by atoms with Crippen molar-refractivity contribution in [3.05, 3.63) is 0 Å². The normalized spacial score (nSPS) is 24.2. The number of carboxylic acids is 1. The molecule has 0 radical (unpaired) electrons.